The Bertz CT molecular complexity index is 613. The molecule has 1 aliphatic rings. The van der Waals surface area contributed by atoms with Gasteiger partial charge in [0.15, 0.2) is 4.34 Å². The van der Waals surface area contributed by atoms with Crippen molar-refractivity contribution in [2.75, 3.05) is 37.7 Å². The van der Waals surface area contributed by atoms with E-state index in [0.29, 0.717) is 17.9 Å². The summed E-state index contributed by atoms with van der Waals surface area (Å²) in [6.45, 7) is 2.79. The highest BCUT2D eigenvalue weighted by Gasteiger charge is 2.25. The van der Waals surface area contributed by atoms with Crippen LogP contribution in [-0.2, 0) is 10.0 Å². The molecule has 1 N–H and O–H groups in total. The molecule has 2 heterocycles. The van der Waals surface area contributed by atoms with Gasteiger partial charge in [-0.05, 0) is 0 Å². The van der Waals surface area contributed by atoms with E-state index in [1.165, 1.54) is 0 Å². The molecule has 0 saturated carbocycles. The van der Waals surface area contributed by atoms with Gasteiger partial charge in [0.05, 0.1) is 4.92 Å². The van der Waals surface area contributed by atoms with Gasteiger partial charge in [-0.2, -0.15) is 11.8 Å². The van der Waals surface area contributed by atoms with Crippen molar-refractivity contribution in [1.29, 1.82) is 0 Å². The summed E-state index contributed by atoms with van der Waals surface area (Å²) in [6.07, 6.45) is 0. The van der Waals surface area contributed by atoms with Gasteiger partial charge >= 0.3 is 0 Å². The highest BCUT2D eigenvalue weighted by atomic mass is 35.5. The molecule has 0 atom stereocenters. The SMILES string of the molecule is O=[N+]([O-])c1cc(S(=O)(=O)NCCN2CCSCC2)sc1Cl. The van der Waals surface area contributed by atoms with Crippen LogP contribution in [0.2, 0.25) is 4.34 Å². The first-order valence-electron chi connectivity index (χ1n) is 6.13. The van der Waals surface area contributed by atoms with E-state index < -0.39 is 14.9 Å². The van der Waals surface area contributed by atoms with Crippen LogP contribution in [-0.4, -0.2) is 55.9 Å². The van der Waals surface area contributed by atoms with Gasteiger partial charge in [0.2, 0.25) is 10.0 Å². The third-order valence-electron chi connectivity index (χ3n) is 2.93. The second-order valence-electron chi connectivity index (χ2n) is 4.33. The van der Waals surface area contributed by atoms with Gasteiger partial charge in [-0.25, -0.2) is 13.1 Å². The number of sulfonamides is 1. The van der Waals surface area contributed by atoms with E-state index in [1.807, 2.05) is 11.8 Å². The first kappa shape index (κ1) is 17.0. The number of hydrogen-bond donors (Lipinski definition) is 1. The summed E-state index contributed by atoms with van der Waals surface area (Å²) < 4.78 is 26.3. The fraction of sp³-hybridized carbons (Fsp3) is 0.600. The van der Waals surface area contributed by atoms with Crippen LogP contribution >= 0.6 is 34.7 Å². The molecule has 0 unspecified atom stereocenters. The lowest BCUT2D eigenvalue weighted by molar-refractivity contribution is -0.384. The predicted octanol–water partition coefficient (Wildman–Crippen LogP) is 1.64. The minimum atomic E-state index is -3.75. The molecule has 0 radical (unpaired) electrons. The zero-order valence-electron chi connectivity index (χ0n) is 11.0. The topological polar surface area (TPSA) is 92.5 Å². The zero-order chi connectivity index (χ0) is 15.5. The lowest BCUT2D eigenvalue weighted by Gasteiger charge is -2.25. The summed E-state index contributed by atoms with van der Waals surface area (Å²) in [5.41, 5.74) is -0.380. The van der Waals surface area contributed by atoms with Gasteiger partial charge in [0.1, 0.15) is 4.21 Å². The van der Waals surface area contributed by atoms with Crippen molar-refractivity contribution < 1.29 is 13.3 Å². The normalized spacial score (nSPS) is 17.0. The number of rotatable bonds is 6. The fourth-order valence-corrected chi connectivity index (χ4v) is 5.54. The second-order valence-corrected chi connectivity index (χ2v) is 9.21. The number of thioether (sulfide) groups is 1. The third-order valence-corrected chi connectivity index (χ3v) is 7.15. The Morgan fingerprint density at radius 2 is 2.10 bits per heavy atom. The van der Waals surface area contributed by atoms with Crippen LogP contribution in [0.3, 0.4) is 0 Å². The number of nitrogens with one attached hydrogen (secondary N) is 1. The molecule has 118 valence electrons. The van der Waals surface area contributed by atoms with E-state index in [9.17, 15) is 18.5 Å². The number of hydrogen-bond acceptors (Lipinski definition) is 7. The van der Waals surface area contributed by atoms with E-state index in [4.69, 9.17) is 11.6 Å². The lowest BCUT2D eigenvalue weighted by Crippen LogP contribution is -2.39. The van der Waals surface area contributed by atoms with Crippen LogP contribution in [0, 0.1) is 10.1 Å². The first-order chi connectivity index (χ1) is 9.90. The molecule has 0 aromatic carbocycles. The minimum absolute atomic E-state index is 0.131. The van der Waals surface area contributed by atoms with Gasteiger partial charge < -0.3 is 4.90 Å². The van der Waals surface area contributed by atoms with Crippen molar-refractivity contribution in [3.63, 3.8) is 0 Å². The van der Waals surface area contributed by atoms with Crippen molar-refractivity contribution in [2.45, 2.75) is 4.21 Å². The maximum Gasteiger partial charge on any atom is 0.300 e. The molecule has 2 rings (SSSR count). The third kappa shape index (κ3) is 4.54. The number of nitrogens with zero attached hydrogens (tertiary/aromatic N) is 2. The molecule has 0 spiro atoms. The second kappa shape index (κ2) is 7.25. The summed E-state index contributed by atoms with van der Waals surface area (Å²) in [5.74, 6) is 2.11. The van der Waals surface area contributed by atoms with Crippen molar-refractivity contribution in [2.24, 2.45) is 0 Å². The van der Waals surface area contributed by atoms with Crippen LogP contribution in [0.25, 0.3) is 0 Å². The lowest BCUT2D eigenvalue weighted by atomic mass is 10.5. The predicted molar refractivity (Wildman–Crippen MR) is 84.9 cm³/mol. The summed E-state index contributed by atoms with van der Waals surface area (Å²) in [7, 11) is -3.75. The van der Waals surface area contributed by atoms with Gasteiger partial charge in [-0.3, -0.25) is 10.1 Å². The standard InChI is InChI=1S/C10H14ClN3O4S3/c11-10-8(14(15)16)7-9(20-10)21(17,18)12-1-2-13-3-5-19-6-4-13/h7,12H,1-6H2. The Labute approximate surface area is 135 Å². The Morgan fingerprint density at radius 1 is 1.43 bits per heavy atom. The van der Waals surface area contributed by atoms with Crippen LogP contribution in [0.15, 0.2) is 10.3 Å². The maximum absolute atomic E-state index is 12.1. The highest BCUT2D eigenvalue weighted by Crippen LogP contribution is 2.35. The molecule has 21 heavy (non-hydrogen) atoms. The summed E-state index contributed by atoms with van der Waals surface area (Å²) in [5, 5.41) is 10.7. The monoisotopic (exact) mass is 371 g/mol. The maximum atomic E-state index is 12.1. The van der Waals surface area contributed by atoms with E-state index >= 15 is 0 Å². The van der Waals surface area contributed by atoms with Crippen molar-refractivity contribution in [1.82, 2.24) is 9.62 Å². The Balaban J connectivity index is 1.95. The largest absolute Gasteiger partial charge is 0.300 e. The van der Waals surface area contributed by atoms with Crippen molar-refractivity contribution in [3.05, 3.63) is 20.5 Å². The van der Waals surface area contributed by atoms with Gasteiger partial charge in [-0.15, -0.1) is 11.3 Å². The summed E-state index contributed by atoms with van der Waals surface area (Å²) >= 11 is 8.25. The van der Waals surface area contributed by atoms with E-state index in [2.05, 4.69) is 9.62 Å². The van der Waals surface area contributed by atoms with Crippen LogP contribution < -0.4 is 4.72 Å². The smallest absolute Gasteiger partial charge is 0.300 e. The van der Waals surface area contributed by atoms with E-state index in [0.717, 1.165) is 30.7 Å². The molecule has 0 aliphatic carbocycles. The average Bonchev–Trinajstić information content (AvgIpc) is 2.83. The van der Waals surface area contributed by atoms with Gasteiger partial charge in [-0.1, -0.05) is 11.6 Å². The average molecular weight is 372 g/mol. The zero-order valence-corrected chi connectivity index (χ0v) is 14.2. The molecule has 0 amide bonds. The molecule has 1 fully saturated rings. The minimum Gasteiger partial charge on any atom is -0.300 e. The summed E-state index contributed by atoms with van der Waals surface area (Å²) in [6, 6.07) is 0.993. The van der Waals surface area contributed by atoms with Crippen LogP contribution in [0.1, 0.15) is 0 Å². The van der Waals surface area contributed by atoms with Gasteiger partial charge in [0.25, 0.3) is 5.69 Å². The molecule has 1 aromatic rings. The van der Waals surface area contributed by atoms with Crippen molar-refractivity contribution in [3.8, 4) is 0 Å². The molecule has 1 aromatic heterocycles. The van der Waals surface area contributed by atoms with Gasteiger partial charge in [0, 0.05) is 43.8 Å². The molecule has 0 bridgehead atoms. The highest BCUT2D eigenvalue weighted by molar-refractivity contribution is 7.99. The Morgan fingerprint density at radius 3 is 2.67 bits per heavy atom. The van der Waals surface area contributed by atoms with Crippen LogP contribution in [0.4, 0.5) is 5.69 Å². The van der Waals surface area contributed by atoms with Crippen molar-refractivity contribution >= 4 is 50.4 Å². The summed E-state index contributed by atoms with van der Waals surface area (Å²) in [4.78, 5) is 12.2. The molecule has 1 aliphatic heterocycles. The van der Waals surface area contributed by atoms with E-state index in [1.54, 1.807) is 0 Å². The molecular weight excluding hydrogens is 358 g/mol. The Kier molecular flexibility index (Phi) is 5.86. The quantitative estimate of drug-likeness (QED) is 0.603. The van der Waals surface area contributed by atoms with E-state index in [-0.39, 0.29) is 20.8 Å². The molecule has 1 saturated heterocycles. The molecule has 7 nitrogen and oxygen atoms in total. The molecule has 11 heteroatoms. The number of halogens is 1. The molecular formula is C10H14ClN3O4S3. The fourth-order valence-electron chi connectivity index (χ4n) is 1.83. The number of nitro groups is 1. The first-order valence-corrected chi connectivity index (χ1v) is 9.97. The Hall–Kier alpha value is -0.390. The number of thiophene rings is 1. The van der Waals surface area contributed by atoms with Crippen LogP contribution in [0.5, 0.6) is 0 Å².